The van der Waals surface area contributed by atoms with E-state index in [4.69, 9.17) is 0 Å². The number of alkyl halides is 3. The second-order valence-electron chi connectivity index (χ2n) is 3.73. The van der Waals surface area contributed by atoms with Crippen molar-refractivity contribution in [2.45, 2.75) is 31.5 Å². The van der Waals surface area contributed by atoms with E-state index in [0.29, 0.717) is 13.1 Å². The van der Waals surface area contributed by atoms with E-state index in [1.54, 1.807) is 7.05 Å². The summed E-state index contributed by atoms with van der Waals surface area (Å²) in [6.45, 7) is 1.00. The fraction of sp³-hybridized carbons (Fsp3) is 0.889. The highest BCUT2D eigenvalue weighted by Gasteiger charge is 2.36. The number of likely N-dealkylation sites (tertiary alicyclic amines) is 1. The molecule has 1 rings (SSSR count). The Hall–Kier alpha value is -0.490. The maximum atomic E-state index is 12.0. The van der Waals surface area contributed by atoms with Gasteiger partial charge in [0, 0.05) is 19.1 Å². The monoisotopic (exact) mass is 260 g/mol. The highest BCUT2D eigenvalue weighted by Crippen LogP contribution is 2.24. The van der Waals surface area contributed by atoms with Crippen molar-refractivity contribution < 1.29 is 18.0 Å². The molecule has 96 valence electrons. The van der Waals surface area contributed by atoms with Gasteiger partial charge < -0.3 is 10.2 Å². The molecule has 1 fully saturated rings. The zero-order valence-electron chi connectivity index (χ0n) is 9.01. The minimum atomic E-state index is -4.40. The van der Waals surface area contributed by atoms with E-state index in [1.807, 2.05) is 0 Å². The first-order valence-electron chi connectivity index (χ1n) is 4.95. The summed E-state index contributed by atoms with van der Waals surface area (Å²) in [5.41, 5.74) is 0. The van der Waals surface area contributed by atoms with E-state index in [-0.39, 0.29) is 18.4 Å². The van der Waals surface area contributed by atoms with Gasteiger partial charge in [0.15, 0.2) is 0 Å². The van der Waals surface area contributed by atoms with Crippen molar-refractivity contribution in [3.63, 3.8) is 0 Å². The summed E-state index contributed by atoms with van der Waals surface area (Å²) in [5.74, 6) is -0.805. The smallest absolute Gasteiger partial charge is 0.338 e. The summed E-state index contributed by atoms with van der Waals surface area (Å²) in [6.07, 6.45) is -4.17. The van der Waals surface area contributed by atoms with Crippen LogP contribution in [-0.4, -0.2) is 43.2 Å². The molecule has 1 aliphatic rings. The third-order valence-corrected chi connectivity index (χ3v) is 2.49. The van der Waals surface area contributed by atoms with Crippen LogP contribution in [0.5, 0.6) is 0 Å². The zero-order valence-corrected chi connectivity index (χ0v) is 9.83. The van der Waals surface area contributed by atoms with Crippen molar-refractivity contribution in [3.05, 3.63) is 0 Å². The van der Waals surface area contributed by atoms with Gasteiger partial charge in [-0.25, -0.2) is 0 Å². The average molecular weight is 261 g/mol. The van der Waals surface area contributed by atoms with Gasteiger partial charge in [0.1, 0.15) is 6.42 Å². The number of likely N-dealkylation sites (N-methyl/N-ethyl adjacent to an activating group) is 1. The molecule has 0 aromatic rings. The lowest BCUT2D eigenvalue weighted by molar-refractivity contribution is -0.161. The zero-order chi connectivity index (χ0) is 11.5. The molecule has 0 aromatic heterocycles. The molecule has 0 aromatic carbocycles. The average Bonchev–Trinajstić information content (AvgIpc) is 2.49. The van der Waals surface area contributed by atoms with Crippen LogP contribution in [0.15, 0.2) is 0 Å². The lowest BCUT2D eigenvalue weighted by Crippen LogP contribution is -2.42. The number of hydrogen-bond acceptors (Lipinski definition) is 2. The normalized spacial score (nSPS) is 20.8. The Balaban J connectivity index is 0.00000225. The first kappa shape index (κ1) is 15.5. The van der Waals surface area contributed by atoms with E-state index in [9.17, 15) is 18.0 Å². The molecule has 1 heterocycles. The Morgan fingerprint density at radius 1 is 1.50 bits per heavy atom. The fourth-order valence-corrected chi connectivity index (χ4v) is 1.88. The van der Waals surface area contributed by atoms with Gasteiger partial charge >= 0.3 is 6.18 Å². The Labute approximate surface area is 98.8 Å². The second kappa shape index (κ2) is 6.30. The summed E-state index contributed by atoms with van der Waals surface area (Å²) in [5, 5.41) is 2.88. The minimum absolute atomic E-state index is 0. The lowest BCUT2D eigenvalue weighted by atomic mass is 10.2. The van der Waals surface area contributed by atoms with Crippen LogP contribution in [0.4, 0.5) is 13.2 Å². The molecule has 1 aliphatic heterocycles. The van der Waals surface area contributed by atoms with Gasteiger partial charge in [0.05, 0.1) is 0 Å². The van der Waals surface area contributed by atoms with Gasteiger partial charge in [0.2, 0.25) is 5.91 Å². The Morgan fingerprint density at radius 3 is 2.62 bits per heavy atom. The molecule has 1 unspecified atom stereocenters. The maximum absolute atomic E-state index is 12.0. The Morgan fingerprint density at radius 2 is 2.12 bits per heavy atom. The van der Waals surface area contributed by atoms with E-state index in [0.717, 1.165) is 12.8 Å². The fourth-order valence-electron chi connectivity index (χ4n) is 1.88. The Kier molecular flexibility index (Phi) is 6.10. The predicted molar refractivity (Wildman–Crippen MR) is 56.6 cm³/mol. The van der Waals surface area contributed by atoms with E-state index < -0.39 is 18.5 Å². The number of carbonyl (C=O) groups excluding carboxylic acids is 1. The van der Waals surface area contributed by atoms with Gasteiger partial charge in [-0.3, -0.25) is 4.79 Å². The summed E-state index contributed by atoms with van der Waals surface area (Å²) in [4.78, 5) is 12.7. The van der Waals surface area contributed by atoms with Gasteiger partial charge in [0.25, 0.3) is 0 Å². The summed E-state index contributed by atoms with van der Waals surface area (Å²) >= 11 is 0. The first-order valence-corrected chi connectivity index (χ1v) is 4.95. The van der Waals surface area contributed by atoms with Crippen molar-refractivity contribution in [2.24, 2.45) is 0 Å². The number of rotatable bonds is 3. The first-order chi connectivity index (χ1) is 6.94. The molecule has 0 bridgehead atoms. The van der Waals surface area contributed by atoms with Gasteiger partial charge in [-0.2, -0.15) is 13.2 Å². The topological polar surface area (TPSA) is 32.3 Å². The molecule has 1 saturated heterocycles. The van der Waals surface area contributed by atoms with Gasteiger partial charge in [-0.1, -0.05) is 0 Å². The summed E-state index contributed by atoms with van der Waals surface area (Å²) in [7, 11) is 1.73. The van der Waals surface area contributed by atoms with E-state index in [1.165, 1.54) is 4.90 Å². The van der Waals surface area contributed by atoms with E-state index >= 15 is 0 Å². The third kappa shape index (κ3) is 4.57. The second-order valence-corrected chi connectivity index (χ2v) is 3.73. The Bertz CT molecular complexity index is 235. The van der Waals surface area contributed by atoms with Crippen molar-refractivity contribution in [2.75, 3.05) is 20.1 Å². The van der Waals surface area contributed by atoms with Crippen LogP contribution in [0.25, 0.3) is 0 Å². The van der Waals surface area contributed by atoms with Crippen molar-refractivity contribution in [1.82, 2.24) is 10.2 Å². The molecule has 1 N–H and O–H groups in total. The van der Waals surface area contributed by atoms with Crippen LogP contribution in [0, 0.1) is 0 Å². The molecular weight excluding hydrogens is 245 g/mol. The molecule has 0 aliphatic carbocycles. The lowest BCUT2D eigenvalue weighted by Gasteiger charge is -2.25. The number of halogens is 4. The number of carbonyl (C=O) groups is 1. The highest BCUT2D eigenvalue weighted by molar-refractivity contribution is 5.85. The number of nitrogens with zero attached hydrogens (tertiary/aromatic N) is 1. The number of amides is 1. The van der Waals surface area contributed by atoms with Crippen LogP contribution >= 0.6 is 12.4 Å². The highest BCUT2D eigenvalue weighted by atomic mass is 35.5. The quantitative estimate of drug-likeness (QED) is 0.836. The molecule has 0 radical (unpaired) electrons. The molecule has 0 saturated carbocycles. The predicted octanol–water partition coefficient (Wildman–Crippen LogP) is 1.57. The molecule has 1 amide bonds. The molecule has 1 atom stereocenters. The van der Waals surface area contributed by atoms with Crippen LogP contribution in [-0.2, 0) is 4.79 Å². The van der Waals surface area contributed by atoms with Gasteiger partial charge in [-0.05, 0) is 19.9 Å². The maximum Gasteiger partial charge on any atom is 0.397 e. The van der Waals surface area contributed by atoms with Gasteiger partial charge in [-0.15, -0.1) is 12.4 Å². The number of nitrogens with one attached hydrogen (secondary N) is 1. The van der Waals surface area contributed by atoms with Crippen molar-refractivity contribution >= 4 is 18.3 Å². The van der Waals surface area contributed by atoms with Crippen molar-refractivity contribution in [1.29, 1.82) is 0 Å². The SMILES string of the molecule is CNCC1CCCN1C(=O)CC(F)(F)F.Cl. The third-order valence-electron chi connectivity index (χ3n) is 2.49. The molecule has 16 heavy (non-hydrogen) atoms. The van der Waals surface area contributed by atoms with Crippen LogP contribution in [0.1, 0.15) is 19.3 Å². The van der Waals surface area contributed by atoms with Crippen LogP contribution in [0.2, 0.25) is 0 Å². The van der Waals surface area contributed by atoms with Crippen LogP contribution in [0.3, 0.4) is 0 Å². The number of hydrogen-bond donors (Lipinski definition) is 1. The molecule has 7 heteroatoms. The largest absolute Gasteiger partial charge is 0.397 e. The molecule has 3 nitrogen and oxygen atoms in total. The van der Waals surface area contributed by atoms with Crippen LogP contribution < -0.4 is 5.32 Å². The van der Waals surface area contributed by atoms with E-state index in [2.05, 4.69) is 5.32 Å². The summed E-state index contributed by atoms with van der Waals surface area (Å²) < 4.78 is 36.0. The standard InChI is InChI=1S/C9H15F3N2O.ClH/c1-13-6-7-3-2-4-14(7)8(15)5-9(10,11)12;/h7,13H,2-6H2,1H3;1H. The minimum Gasteiger partial charge on any atom is -0.338 e. The summed E-state index contributed by atoms with van der Waals surface area (Å²) in [6, 6.07) is -0.0788. The van der Waals surface area contributed by atoms with Crippen molar-refractivity contribution in [3.8, 4) is 0 Å². The molecule has 0 spiro atoms. The molecular formula is C9H16ClF3N2O.